The number of benzene rings is 2. The van der Waals surface area contributed by atoms with Crippen molar-refractivity contribution in [3.05, 3.63) is 81.3 Å². The Balaban J connectivity index is 0.000000221. The highest BCUT2D eigenvalue weighted by Gasteiger charge is 2.51. The Hall–Kier alpha value is -3.99. The minimum absolute atomic E-state index is 0.165. The van der Waals surface area contributed by atoms with Crippen molar-refractivity contribution in [2.75, 3.05) is 14.2 Å². The van der Waals surface area contributed by atoms with Gasteiger partial charge in [0.1, 0.15) is 11.5 Å². The second-order valence-electron chi connectivity index (χ2n) is 18.2. The van der Waals surface area contributed by atoms with Crippen LogP contribution in [0.2, 0.25) is 0 Å². The summed E-state index contributed by atoms with van der Waals surface area (Å²) in [7, 11) is 3.43. The fraction of sp³-hybridized carbons (Fsp3) is 0.565. The fourth-order valence-electron chi connectivity index (χ4n) is 7.62. The molecule has 11 heteroatoms. The molecule has 2 amide bonds. The van der Waals surface area contributed by atoms with Crippen molar-refractivity contribution >= 4 is 45.8 Å². The maximum Gasteiger partial charge on any atom is 0.316 e. The Labute approximate surface area is 344 Å². The van der Waals surface area contributed by atoms with Crippen molar-refractivity contribution in [1.82, 2.24) is 10.6 Å². The third-order valence-corrected chi connectivity index (χ3v) is 12.0. The predicted molar refractivity (Wildman–Crippen MR) is 224 cm³/mol. The standard InChI is InChI=1S/C23H31NO4.C18H23NO3.C5H9ClO/c1-14-7-8-15(2)17(13-14)18-19(28-21(26)22(3,4)5)23(24-20(18)25)11-9-16(27-6)10-12-23;1-11-4-5-12(2)14(10-11)15-16(20)18(19-17(15)21)8-6-13(22-3)7-9-18;1-5(2,3)4(6)7/h7-8,13,16H,9-12H2,1-6H3,(H,24,25);4-5,10,13,20H,6-9H2,1-3H3,(H,19,21);1-3H3. The molecule has 2 aliphatic heterocycles. The van der Waals surface area contributed by atoms with Gasteiger partial charge in [-0.25, -0.2) is 0 Å². The van der Waals surface area contributed by atoms with E-state index >= 15 is 0 Å². The van der Waals surface area contributed by atoms with E-state index in [1.54, 1.807) is 35.0 Å². The lowest BCUT2D eigenvalue weighted by molar-refractivity contribution is -0.150. The molecule has 0 unspecified atom stereocenters. The number of halogens is 1. The van der Waals surface area contributed by atoms with E-state index in [0.717, 1.165) is 71.9 Å². The first-order valence-electron chi connectivity index (χ1n) is 19.9. The molecular weight excluding hydrogens is 744 g/mol. The van der Waals surface area contributed by atoms with Gasteiger partial charge in [0.25, 0.3) is 11.8 Å². The molecule has 312 valence electrons. The summed E-state index contributed by atoms with van der Waals surface area (Å²) in [6, 6.07) is 12.0. The third-order valence-electron chi connectivity index (χ3n) is 11.5. The number of nitrogens with one attached hydrogen (secondary N) is 2. The Morgan fingerprint density at radius 1 is 0.684 bits per heavy atom. The fourth-order valence-corrected chi connectivity index (χ4v) is 7.62. The molecule has 4 aliphatic rings. The molecule has 0 atom stereocenters. The average Bonchev–Trinajstić information content (AvgIpc) is 3.53. The van der Waals surface area contributed by atoms with Crippen molar-refractivity contribution in [2.45, 2.75) is 144 Å². The maximum atomic E-state index is 13.1. The molecule has 2 aliphatic carbocycles. The van der Waals surface area contributed by atoms with Crippen LogP contribution >= 0.6 is 11.6 Å². The van der Waals surface area contributed by atoms with E-state index in [1.807, 2.05) is 84.9 Å². The van der Waals surface area contributed by atoms with Crippen LogP contribution in [-0.4, -0.2) is 65.6 Å². The number of hydrogen-bond acceptors (Lipinski definition) is 8. The van der Waals surface area contributed by atoms with E-state index < -0.39 is 16.5 Å². The largest absolute Gasteiger partial charge is 0.509 e. The summed E-state index contributed by atoms with van der Waals surface area (Å²) in [5, 5.41) is 16.7. The Kier molecular flexibility index (Phi) is 14.3. The minimum atomic E-state index is -0.656. The van der Waals surface area contributed by atoms with Gasteiger partial charge < -0.3 is 30.0 Å². The van der Waals surface area contributed by atoms with Crippen LogP contribution < -0.4 is 10.6 Å². The molecule has 2 fully saturated rings. The SMILES string of the molecule is CC(C)(C)C(=O)Cl.COC1CCC2(CC1)NC(=O)C(c1cc(C)ccc1C)=C2O.COC1CCC2(CC1)NC(=O)C(c1cc(C)ccc1C)=C2OC(=O)C(C)(C)C. The van der Waals surface area contributed by atoms with Gasteiger partial charge in [-0.2, -0.15) is 0 Å². The van der Waals surface area contributed by atoms with Gasteiger partial charge >= 0.3 is 5.97 Å². The van der Waals surface area contributed by atoms with Gasteiger partial charge in [-0.1, -0.05) is 68.3 Å². The lowest BCUT2D eigenvalue weighted by atomic mass is 9.79. The molecule has 57 heavy (non-hydrogen) atoms. The zero-order chi connectivity index (χ0) is 42.7. The number of hydrogen-bond donors (Lipinski definition) is 3. The van der Waals surface area contributed by atoms with Gasteiger partial charge in [0, 0.05) is 19.6 Å². The first-order valence-corrected chi connectivity index (χ1v) is 20.3. The van der Waals surface area contributed by atoms with Gasteiger partial charge in [0.05, 0.1) is 39.8 Å². The molecule has 3 N–H and O–H groups in total. The van der Waals surface area contributed by atoms with E-state index in [0.29, 0.717) is 29.7 Å². The first-order chi connectivity index (χ1) is 26.5. The topological polar surface area (TPSA) is 140 Å². The van der Waals surface area contributed by atoms with Gasteiger partial charge in [0.2, 0.25) is 5.24 Å². The minimum Gasteiger partial charge on any atom is -0.509 e. The Bertz CT molecular complexity index is 1920. The summed E-state index contributed by atoms with van der Waals surface area (Å²) in [6.45, 7) is 18.8. The van der Waals surface area contributed by atoms with Crippen molar-refractivity contribution in [3.8, 4) is 0 Å². The quantitative estimate of drug-likeness (QED) is 0.201. The molecule has 0 radical (unpaired) electrons. The zero-order valence-corrected chi connectivity index (χ0v) is 36.7. The number of rotatable bonds is 5. The molecule has 0 bridgehead atoms. The molecule has 2 spiro atoms. The lowest BCUT2D eigenvalue weighted by Gasteiger charge is -2.38. The highest BCUT2D eigenvalue weighted by atomic mass is 35.5. The second-order valence-corrected chi connectivity index (χ2v) is 18.5. The highest BCUT2D eigenvalue weighted by Crippen LogP contribution is 2.45. The Morgan fingerprint density at radius 2 is 1.07 bits per heavy atom. The molecule has 10 nitrogen and oxygen atoms in total. The monoisotopic (exact) mass is 806 g/mol. The number of methoxy groups -OCH3 is 2. The summed E-state index contributed by atoms with van der Waals surface area (Å²) < 4.78 is 16.9. The molecule has 2 aromatic carbocycles. The summed E-state index contributed by atoms with van der Waals surface area (Å²) in [5.74, 6) is 0.0415. The molecule has 0 saturated heterocycles. The van der Waals surface area contributed by atoms with E-state index in [9.17, 15) is 24.3 Å². The molecule has 2 saturated carbocycles. The van der Waals surface area contributed by atoms with Crippen LogP contribution in [-0.2, 0) is 33.4 Å². The molecular formula is C46H63ClN2O8. The molecule has 2 heterocycles. The zero-order valence-electron chi connectivity index (χ0n) is 36.0. The number of aryl methyl sites for hydroxylation is 4. The normalized spacial score (nSPS) is 24.7. The van der Waals surface area contributed by atoms with Crippen LogP contribution in [0.3, 0.4) is 0 Å². The van der Waals surface area contributed by atoms with Crippen LogP contribution in [0.1, 0.15) is 126 Å². The van der Waals surface area contributed by atoms with Crippen molar-refractivity contribution in [2.24, 2.45) is 10.8 Å². The summed E-state index contributed by atoms with van der Waals surface area (Å²) in [4.78, 5) is 48.6. The van der Waals surface area contributed by atoms with Gasteiger partial charge in [-0.3, -0.25) is 19.2 Å². The lowest BCUT2D eigenvalue weighted by Crippen LogP contribution is -2.49. The van der Waals surface area contributed by atoms with Gasteiger partial charge in [0.15, 0.2) is 0 Å². The van der Waals surface area contributed by atoms with Crippen LogP contribution in [0, 0.1) is 38.5 Å². The number of carbonyl (C=O) groups excluding carboxylic acids is 4. The molecule has 6 rings (SSSR count). The molecule has 0 aromatic heterocycles. The number of aliphatic hydroxyl groups excluding tert-OH is 1. The summed E-state index contributed by atoms with van der Waals surface area (Å²) >= 11 is 5.11. The van der Waals surface area contributed by atoms with Crippen molar-refractivity contribution in [3.63, 3.8) is 0 Å². The highest BCUT2D eigenvalue weighted by molar-refractivity contribution is 6.64. The van der Waals surface area contributed by atoms with Crippen LogP contribution in [0.5, 0.6) is 0 Å². The Morgan fingerprint density at radius 3 is 1.47 bits per heavy atom. The van der Waals surface area contributed by atoms with Crippen molar-refractivity contribution < 1.29 is 38.5 Å². The summed E-state index contributed by atoms with van der Waals surface area (Å²) in [6.07, 6.45) is 6.54. The number of aliphatic hydroxyl groups is 1. The number of carbonyl (C=O) groups is 4. The van der Waals surface area contributed by atoms with Gasteiger partial charge in [-0.15, -0.1) is 0 Å². The summed E-state index contributed by atoms with van der Waals surface area (Å²) in [5.41, 5.74) is 4.47. The predicted octanol–water partition coefficient (Wildman–Crippen LogP) is 8.89. The maximum absolute atomic E-state index is 13.1. The van der Waals surface area contributed by atoms with Crippen LogP contribution in [0.15, 0.2) is 47.9 Å². The van der Waals surface area contributed by atoms with Crippen LogP contribution in [0.25, 0.3) is 11.1 Å². The van der Waals surface area contributed by atoms with E-state index in [4.69, 9.17) is 25.8 Å². The second kappa shape index (κ2) is 17.9. The van der Waals surface area contributed by atoms with E-state index in [-0.39, 0.29) is 46.4 Å². The number of ether oxygens (including phenoxy) is 3. The first kappa shape index (κ1) is 45.7. The smallest absolute Gasteiger partial charge is 0.316 e. The van der Waals surface area contributed by atoms with Crippen molar-refractivity contribution in [1.29, 1.82) is 0 Å². The van der Waals surface area contributed by atoms with E-state index in [2.05, 4.69) is 10.6 Å². The number of amides is 2. The van der Waals surface area contributed by atoms with Gasteiger partial charge in [-0.05, 0) is 134 Å². The third kappa shape index (κ3) is 10.4. The number of esters is 1. The van der Waals surface area contributed by atoms with E-state index in [1.165, 1.54) is 0 Å². The average molecular weight is 807 g/mol. The van der Waals surface area contributed by atoms with Crippen LogP contribution in [0.4, 0.5) is 0 Å². The molecule has 2 aromatic rings.